The maximum absolute atomic E-state index is 10.5. The van der Waals surface area contributed by atoms with Gasteiger partial charge >= 0.3 is 0 Å². The van der Waals surface area contributed by atoms with E-state index in [9.17, 15) is 5.26 Å². The second-order valence-electron chi connectivity index (χ2n) is 16.3. The molecule has 0 aliphatic heterocycles. The number of nitrogens with zero attached hydrogens (tertiary/aromatic N) is 6. The highest BCUT2D eigenvalue weighted by Crippen LogP contribution is 2.44. The van der Waals surface area contributed by atoms with Crippen LogP contribution in [0.1, 0.15) is 5.56 Å². The van der Waals surface area contributed by atoms with Crippen LogP contribution in [-0.4, -0.2) is 24.1 Å². The normalized spacial score (nSPS) is 11.7. The molecule has 0 saturated heterocycles. The van der Waals surface area contributed by atoms with Gasteiger partial charge in [0.05, 0.1) is 39.4 Å². The van der Waals surface area contributed by atoms with Gasteiger partial charge in [-0.2, -0.15) is 5.26 Å². The van der Waals surface area contributed by atoms with Gasteiger partial charge in [0, 0.05) is 64.1 Å². The quantitative estimate of drug-likeness (QED) is 0.167. The molecule has 6 nitrogen and oxygen atoms in total. The lowest BCUT2D eigenvalue weighted by atomic mass is 10.0. The molecule has 0 saturated carbocycles. The van der Waals surface area contributed by atoms with Gasteiger partial charge < -0.3 is 9.13 Å². The molecule has 7 heteroatoms. The third-order valence-corrected chi connectivity index (χ3v) is 13.7. The first-order valence-electron chi connectivity index (χ1n) is 21.6. The van der Waals surface area contributed by atoms with Gasteiger partial charge in [-0.1, -0.05) is 127 Å². The lowest BCUT2D eigenvalue weighted by Crippen LogP contribution is -2.04. The average Bonchev–Trinajstić information content (AvgIpc) is 4.04. The van der Waals surface area contributed by atoms with Crippen LogP contribution >= 0.6 is 11.3 Å². The standard InChI is InChI=1S/C58H34N6S/c59-35-36-26-29-50(64-48-23-10-7-20-42(48)44-28-30-51-54(55(44)64)45-22-8-11-24-49(45)63(51)41-18-5-2-6-19-41)47(32-36)58-61-56(39-17-13-16-38(33-39)37-14-3-1-4-15-37)60-57(62-58)40-27-31-53-46(34-40)43-21-9-12-25-52(43)65-53/h1-34H. The zero-order chi connectivity index (χ0) is 43.0. The van der Waals surface area contributed by atoms with Gasteiger partial charge in [-0.05, 0) is 90.0 Å². The van der Waals surface area contributed by atoms with E-state index in [1.165, 1.54) is 14.8 Å². The highest BCUT2D eigenvalue weighted by atomic mass is 32.1. The Kier molecular flexibility index (Phi) is 8.35. The highest BCUT2D eigenvalue weighted by molar-refractivity contribution is 7.25. The van der Waals surface area contributed by atoms with Crippen LogP contribution in [-0.2, 0) is 0 Å². The molecule has 302 valence electrons. The molecule has 9 aromatic carbocycles. The molecule has 0 fully saturated rings. The minimum atomic E-state index is 0.474. The van der Waals surface area contributed by atoms with Crippen LogP contribution in [0, 0.1) is 11.3 Å². The summed E-state index contributed by atoms with van der Waals surface area (Å²) in [6.45, 7) is 0. The first-order chi connectivity index (χ1) is 32.2. The summed E-state index contributed by atoms with van der Waals surface area (Å²) < 4.78 is 7.15. The lowest BCUT2D eigenvalue weighted by Gasteiger charge is -2.16. The van der Waals surface area contributed by atoms with Gasteiger partial charge in [0.25, 0.3) is 0 Å². The number of rotatable bonds is 6. The predicted molar refractivity (Wildman–Crippen MR) is 268 cm³/mol. The van der Waals surface area contributed by atoms with E-state index >= 15 is 0 Å². The molecule has 4 aromatic heterocycles. The molecule has 0 bridgehead atoms. The molecule has 0 N–H and O–H groups in total. The van der Waals surface area contributed by atoms with Crippen molar-refractivity contribution in [3.8, 4) is 62.7 Å². The van der Waals surface area contributed by atoms with Crippen molar-refractivity contribution in [1.29, 1.82) is 5.26 Å². The number of para-hydroxylation sites is 3. The molecule has 0 atom stereocenters. The summed E-state index contributed by atoms with van der Waals surface area (Å²) in [5.74, 6) is 1.57. The Bertz CT molecular complexity index is 4080. The van der Waals surface area contributed by atoms with E-state index in [0.29, 0.717) is 23.0 Å². The van der Waals surface area contributed by atoms with Gasteiger partial charge in [-0.15, -0.1) is 11.3 Å². The maximum atomic E-state index is 10.5. The van der Waals surface area contributed by atoms with E-state index in [1.807, 2.05) is 18.2 Å². The number of hydrogen-bond donors (Lipinski definition) is 0. The van der Waals surface area contributed by atoms with E-state index in [-0.39, 0.29) is 0 Å². The van der Waals surface area contributed by atoms with Crippen molar-refractivity contribution >= 4 is 75.1 Å². The molecule has 0 aliphatic rings. The molecule has 0 unspecified atom stereocenters. The molecule has 0 radical (unpaired) electrons. The van der Waals surface area contributed by atoms with E-state index in [4.69, 9.17) is 15.0 Å². The summed E-state index contributed by atoms with van der Waals surface area (Å²) in [6, 6.07) is 74.3. The largest absolute Gasteiger partial charge is 0.309 e. The number of nitriles is 1. The van der Waals surface area contributed by atoms with Gasteiger partial charge in [0.1, 0.15) is 0 Å². The van der Waals surface area contributed by atoms with Crippen molar-refractivity contribution in [2.45, 2.75) is 0 Å². The summed E-state index contributed by atoms with van der Waals surface area (Å²) in [5.41, 5.74) is 11.4. The lowest BCUT2D eigenvalue weighted by molar-refractivity contribution is 1.06. The van der Waals surface area contributed by atoms with Crippen LogP contribution in [0.15, 0.2) is 206 Å². The topological polar surface area (TPSA) is 72.3 Å². The molecule has 4 heterocycles. The van der Waals surface area contributed by atoms with E-state index in [2.05, 4.69) is 203 Å². The summed E-state index contributed by atoms with van der Waals surface area (Å²) in [5, 5.41) is 17.4. The summed E-state index contributed by atoms with van der Waals surface area (Å²) >= 11 is 1.78. The molecule has 13 rings (SSSR count). The van der Waals surface area contributed by atoms with Crippen LogP contribution in [0.4, 0.5) is 0 Å². The molecular weight excluding hydrogens is 813 g/mol. The van der Waals surface area contributed by atoms with Crippen LogP contribution < -0.4 is 0 Å². The van der Waals surface area contributed by atoms with Crippen LogP contribution in [0.3, 0.4) is 0 Å². The minimum absolute atomic E-state index is 0.474. The third-order valence-electron chi connectivity index (χ3n) is 12.6. The first kappa shape index (κ1) is 36.9. The van der Waals surface area contributed by atoms with Gasteiger partial charge in [-0.25, -0.2) is 15.0 Å². The smallest absolute Gasteiger partial charge is 0.166 e. The highest BCUT2D eigenvalue weighted by Gasteiger charge is 2.24. The SMILES string of the molecule is N#Cc1ccc(-n2c3ccccc3c3ccc4c(c5ccccc5n4-c4ccccc4)c32)c(-c2nc(-c3cccc(-c4ccccc4)c3)nc(-c3ccc4sc5ccccc5c4c3)n2)c1. The van der Waals surface area contributed by atoms with E-state index in [0.717, 1.165) is 88.2 Å². The Morgan fingerprint density at radius 1 is 0.400 bits per heavy atom. The Balaban J connectivity index is 1.11. The second-order valence-corrected chi connectivity index (χ2v) is 17.4. The summed E-state index contributed by atoms with van der Waals surface area (Å²) in [7, 11) is 0. The first-order valence-corrected chi connectivity index (χ1v) is 22.4. The molecule has 0 aliphatic carbocycles. The van der Waals surface area contributed by atoms with Crippen LogP contribution in [0.25, 0.3) is 120 Å². The van der Waals surface area contributed by atoms with Gasteiger partial charge in [0.2, 0.25) is 0 Å². The molecule has 0 spiro atoms. The fourth-order valence-electron chi connectivity index (χ4n) is 9.68. The molecular formula is C58H34N6S. The third kappa shape index (κ3) is 5.89. The fourth-order valence-corrected chi connectivity index (χ4v) is 10.8. The summed E-state index contributed by atoms with van der Waals surface area (Å²) in [4.78, 5) is 16.0. The van der Waals surface area contributed by atoms with E-state index < -0.39 is 0 Å². The number of thiophene rings is 1. The van der Waals surface area contributed by atoms with Crippen molar-refractivity contribution in [1.82, 2.24) is 24.1 Å². The van der Waals surface area contributed by atoms with Crippen LogP contribution in [0.5, 0.6) is 0 Å². The Hall–Kier alpha value is -8.70. The minimum Gasteiger partial charge on any atom is -0.309 e. The monoisotopic (exact) mass is 846 g/mol. The Morgan fingerprint density at radius 2 is 1.03 bits per heavy atom. The fraction of sp³-hybridized carbons (Fsp3) is 0. The number of benzene rings is 9. The van der Waals surface area contributed by atoms with Gasteiger partial charge in [-0.3, -0.25) is 0 Å². The van der Waals surface area contributed by atoms with Gasteiger partial charge in [0.15, 0.2) is 17.5 Å². The molecule has 65 heavy (non-hydrogen) atoms. The Morgan fingerprint density at radius 3 is 1.83 bits per heavy atom. The zero-order valence-electron chi connectivity index (χ0n) is 34.7. The number of fused-ring (bicyclic) bond motifs is 10. The van der Waals surface area contributed by atoms with Crippen molar-refractivity contribution in [2.24, 2.45) is 0 Å². The van der Waals surface area contributed by atoms with Crippen molar-refractivity contribution in [3.05, 3.63) is 212 Å². The second kappa shape index (κ2) is 14.7. The summed E-state index contributed by atoms with van der Waals surface area (Å²) in [6.07, 6.45) is 0. The maximum Gasteiger partial charge on any atom is 0.166 e. The molecule has 13 aromatic rings. The number of aromatic nitrogens is 5. The number of hydrogen-bond acceptors (Lipinski definition) is 5. The van der Waals surface area contributed by atoms with Crippen molar-refractivity contribution < 1.29 is 0 Å². The molecule has 0 amide bonds. The van der Waals surface area contributed by atoms with E-state index in [1.54, 1.807) is 11.3 Å². The van der Waals surface area contributed by atoms with Crippen molar-refractivity contribution in [3.63, 3.8) is 0 Å². The van der Waals surface area contributed by atoms with Crippen LogP contribution in [0.2, 0.25) is 0 Å². The average molecular weight is 847 g/mol. The Labute approximate surface area is 377 Å². The zero-order valence-corrected chi connectivity index (χ0v) is 35.5. The predicted octanol–water partition coefficient (Wildman–Crippen LogP) is 15.0. The van der Waals surface area contributed by atoms with Crippen molar-refractivity contribution in [2.75, 3.05) is 0 Å².